The Labute approximate surface area is 198 Å². The van der Waals surface area contributed by atoms with Crippen molar-refractivity contribution in [3.63, 3.8) is 0 Å². The van der Waals surface area contributed by atoms with Gasteiger partial charge in [-0.2, -0.15) is 0 Å². The van der Waals surface area contributed by atoms with Gasteiger partial charge in [-0.05, 0) is 66.1 Å². The highest BCUT2D eigenvalue weighted by Gasteiger charge is 2.38. The molecule has 3 aliphatic rings. The van der Waals surface area contributed by atoms with Crippen LogP contribution < -0.4 is 14.2 Å². The monoisotopic (exact) mass is 464 g/mol. The van der Waals surface area contributed by atoms with E-state index >= 15 is 0 Å². The maximum absolute atomic E-state index is 13.5. The normalized spacial score (nSPS) is 21.1. The number of fused-ring (bicyclic) bond motifs is 1. The number of aliphatic imine (C=N–C) groups is 1. The Balaban J connectivity index is 1.41. The molecule has 0 bridgehead atoms. The molecule has 1 amide bonds. The van der Waals surface area contributed by atoms with Crippen LogP contribution in [0.3, 0.4) is 0 Å². The van der Waals surface area contributed by atoms with Crippen molar-refractivity contribution >= 4 is 28.9 Å². The molecule has 0 unspecified atom stereocenters. The van der Waals surface area contributed by atoms with E-state index in [9.17, 15) is 4.79 Å². The lowest BCUT2D eigenvalue weighted by molar-refractivity contribution is -0.124. The fourth-order valence-corrected chi connectivity index (χ4v) is 5.49. The zero-order chi connectivity index (χ0) is 22.6. The van der Waals surface area contributed by atoms with Gasteiger partial charge in [-0.1, -0.05) is 37.5 Å². The van der Waals surface area contributed by atoms with Crippen LogP contribution in [0.2, 0.25) is 0 Å². The number of nitrogens with zero attached hydrogens (tertiary/aromatic N) is 2. The molecule has 0 aromatic heterocycles. The van der Waals surface area contributed by atoms with Crippen LogP contribution in [-0.2, 0) is 11.3 Å². The molecule has 5 rings (SSSR count). The molecule has 2 heterocycles. The number of ether oxygens (including phenoxy) is 3. The third-order valence-electron chi connectivity index (χ3n) is 6.20. The van der Waals surface area contributed by atoms with Crippen LogP contribution in [-0.4, -0.2) is 42.3 Å². The van der Waals surface area contributed by atoms with E-state index in [1.807, 2.05) is 53.4 Å². The van der Waals surface area contributed by atoms with Crippen molar-refractivity contribution in [3.05, 3.63) is 58.5 Å². The minimum Gasteiger partial charge on any atom is -0.497 e. The lowest BCUT2D eigenvalue weighted by Gasteiger charge is -2.30. The number of methoxy groups -OCH3 is 1. The molecule has 0 radical (unpaired) electrons. The van der Waals surface area contributed by atoms with E-state index in [0.717, 1.165) is 59.2 Å². The van der Waals surface area contributed by atoms with Gasteiger partial charge in [0.2, 0.25) is 0 Å². The van der Waals surface area contributed by atoms with Crippen molar-refractivity contribution in [2.24, 2.45) is 4.99 Å². The molecule has 0 spiro atoms. The highest BCUT2D eigenvalue weighted by molar-refractivity contribution is 8.18. The van der Waals surface area contributed by atoms with Gasteiger partial charge in [0.15, 0.2) is 16.7 Å². The minimum absolute atomic E-state index is 0.0512. The van der Waals surface area contributed by atoms with Crippen molar-refractivity contribution in [1.29, 1.82) is 0 Å². The van der Waals surface area contributed by atoms with Gasteiger partial charge in [-0.15, -0.1) is 0 Å². The van der Waals surface area contributed by atoms with Gasteiger partial charge in [0.1, 0.15) is 19.0 Å². The molecule has 0 atom stereocenters. The molecule has 0 N–H and O–H groups in total. The minimum atomic E-state index is 0.0512. The summed E-state index contributed by atoms with van der Waals surface area (Å²) in [4.78, 5) is 21.0. The van der Waals surface area contributed by atoms with Crippen LogP contribution in [0.25, 0.3) is 6.08 Å². The standard InChI is InChI=1S/C26H28N2O4S/c1-30-21-10-7-18(8-11-21)17-27-26-28(20-5-3-2-4-6-20)25(29)24(33-26)16-19-9-12-22-23(15-19)32-14-13-31-22/h7-12,15-16,20H,2-6,13-14,17H2,1H3/b24-16-,27-26?. The van der Waals surface area contributed by atoms with E-state index in [0.29, 0.717) is 24.7 Å². The summed E-state index contributed by atoms with van der Waals surface area (Å²) in [5.41, 5.74) is 2.01. The highest BCUT2D eigenvalue weighted by atomic mass is 32.2. The molecule has 2 aromatic rings. The molecule has 1 aliphatic carbocycles. The Hall–Kier alpha value is -2.93. The SMILES string of the molecule is COc1ccc(CN=C2S/C(=C\c3ccc4c(c3)OCCO4)C(=O)N2C2CCCCC2)cc1. The van der Waals surface area contributed by atoms with Crippen molar-refractivity contribution in [2.75, 3.05) is 20.3 Å². The Morgan fingerprint density at radius 2 is 1.82 bits per heavy atom. The van der Waals surface area contributed by atoms with Crippen LogP contribution in [0.5, 0.6) is 17.2 Å². The molecule has 2 aromatic carbocycles. The molecule has 6 nitrogen and oxygen atoms in total. The summed E-state index contributed by atoms with van der Waals surface area (Å²) >= 11 is 1.47. The summed E-state index contributed by atoms with van der Waals surface area (Å²) < 4.78 is 16.6. The molecule has 2 fully saturated rings. The summed E-state index contributed by atoms with van der Waals surface area (Å²) in [6.07, 6.45) is 7.56. The van der Waals surface area contributed by atoms with Gasteiger partial charge >= 0.3 is 0 Å². The quantitative estimate of drug-likeness (QED) is 0.564. The topological polar surface area (TPSA) is 60.4 Å². The van der Waals surface area contributed by atoms with Crippen molar-refractivity contribution in [2.45, 2.75) is 44.7 Å². The number of benzene rings is 2. The van der Waals surface area contributed by atoms with Gasteiger partial charge in [0, 0.05) is 6.04 Å². The van der Waals surface area contributed by atoms with E-state index in [-0.39, 0.29) is 11.9 Å². The molecule has 1 saturated carbocycles. The number of carbonyl (C=O) groups excluding carboxylic acids is 1. The maximum atomic E-state index is 13.5. The summed E-state index contributed by atoms with van der Waals surface area (Å²) in [7, 11) is 1.66. The lowest BCUT2D eigenvalue weighted by Crippen LogP contribution is -2.40. The zero-order valence-electron chi connectivity index (χ0n) is 18.8. The lowest BCUT2D eigenvalue weighted by atomic mass is 9.94. The fourth-order valence-electron chi connectivity index (χ4n) is 4.45. The summed E-state index contributed by atoms with van der Waals surface area (Å²) in [6.45, 7) is 1.63. The first-order valence-corrected chi connectivity index (χ1v) is 12.3. The summed E-state index contributed by atoms with van der Waals surface area (Å²) in [6, 6.07) is 13.9. The molecule has 172 valence electrons. The van der Waals surface area contributed by atoms with Crippen LogP contribution in [0.1, 0.15) is 43.2 Å². The van der Waals surface area contributed by atoms with Gasteiger partial charge in [-0.3, -0.25) is 14.7 Å². The Bertz CT molecular complexity index is 1070. The van der Waals surface area contributed by atoms with E-state index in [4.69, 9.17) is 19.2 Å². The Morgan fingerprint density at radius 3 is 2.58 bits per heavy atom. The number of amidine groups is 1. The van der Waals surface area contributed by atoms with Gasteiger partial charge < -0.3 is 14.2 Å². The molecule has 2 aliphatic heterocycles. The number of hydrogen-bond acceptors (Lipinski definition) is 6. The number of hydrogen-bond donors (Lipinski definition) is 0. The predicted octanol–water partition coefficient (Wildman–Crippen LogP) is 5.27. The second kappa shape index (κ2) is 9.91. The maximum Gasteiger partial charge on any atom is 0.266 e. The first kappa shape index (κ1) is 21.9. The molecule has 7 heteroatoms. The van der Waals surface area contributed by atoms with Crippen molar-refractivity contribution in [1.82, 2.24) is 4.90 Å². The molecular weight excluding hydrogens is 436 g/mol. The van der Waals surface area contributed by atoms with E-state index < -0.39 is 0 Å². The Kier molecular flexibility index (Phi) is 6.58. The van der Waals surface area contributed by atoms with Gasteiger partial charge in [-0.25, -0.2) is 0 Å². The predicted molar refractivity (Wildman–Crippen MR) is 131 cm³/mol. The van der Waals surface area contributed by atoms with E-state index in [1.54, 1.807) is 7.11 Å². The van der Waals surface area contributed by atoms with Crippen LogP contribution in [0.15, 0.2) is 52.4 Å². The van der Waals surface area contributed by atoms with Gasteiger partial charge in [0.25, 0.3) is 5.91 Å². The second-order valence-electron chi connectivity index (χ2n) is 8.43. The largest absolute Gasteiger partial charge is 0.497 e. The third-order valence-corrected chi connectivity index (χ3v) is 7.22. The average Bonchev–Trinajstić information content (AvgIpc) is 3.18. The van der Waals surface area contributed by atoms with Crippen LogP contribution in [0.4, 0.5) is 0 Å². The van der Waals surface area contributed by atoms with Gasteiger partial charge in [0.05, 0.1) is 18.6 Å². The fraction of sp³-hybridized carbons (Fsp3) is 0.385. The molecule has 1 saturated heterocycles. The van der Waals surface area contributed by atoms with Crippen LogP contribution >= 0.6 is 11.8 Å². The zero-order valence-corrected chi connectivity index (χ0v) is 19.6. The molecule has 33 heavy (non-hydrogen) atoms. The smallest absolute Gasteiger partial charge is 0.266 e. The number of carbonyl (C=O) groups is 1. The van der Waals surface area contributed by atoms with Crippen molar-refractivity contribution in [3.8, 4) is 17.2 Å². The Morgan fingerprint density at radius 1 is 1.06 bits per heavy atom. The number of rotatable bonds is 5. The first-order chi connectivity index (χ1) is 16.2. The number of amides is 1. The average molecular weight is 465 g/mol. The highest BCUT2D eigenvalue weighted by Crippen LogP contribution is 2.39. The van der Waals surface area contributed by atoms with E-state index in [1.165, 1.54) is 18.2 Å². The number of thioether (sulfide) groups is 1. The summed E-state index contributed by atoms with van der Waals surface area (Å²) in [5, 5.41) is 0.798. The summed E-state index contributed by atoms with van der Waals surface area (Å²) in [5.74, 6) is 2.35. The first-order valence-electron chi connectivity index (χ1n) is 11.5. The third kappa shape index (κ3) is 4.88. The van der Waals surface area contributed by atoms with Crippen LogP contribution in [0, 0.1) is 0 Å². The van der Waals surface area contributed by atoms with E-state index in [2.05, 4.69) is 0 Å². The molecular formula is C26H28N2O4S. The second-order valence-corrected chi connectivity index (χ2v) is 9.44. The van der Waals surface area contributed by atoms with Crippen molar-refractivity contribution < 1.29 is 19.0 Å².